The Bertz CT molecular complexity index is 5220. The number of aromatic nitrogens is 4. The van der Waals surface area contributed by atoms with Crippen molar-refractivity contribution < 1.29 is 101 Å². The van der Waals surface area contributed by atoms with Gasteiger partial charge in [0.25, 0.3) is 0 Å². The second-order valence-corrected chi connectivity index (χ2v) is 35.7. The third kappa shape index (κ3) is 29.0. The molecule has 3 aromatic carbocycles. The number of amides is 18. The molecule has 44 heteroatoms. The number of carbonyl (C=O) groups excluding carboxylic acids is 18. The number of H-pyrrole nitrogens is 3. The Morgan fingerprint density at radius 2 is 1.08 bits per heavy atom. The summed E-state index contributed by atoms with van der Waals surface area (Å²) < 4.78 is 5.35. The molecular formula is C91H126N22O21S. The van der Waals surface area contributed by atoms with Crippen LogP contribution in [0.4, 0.5) is 0 Å². The molecule has 3 aliphatic rings. The number of carbonyl (C=O) groups is 18. The number of methoxy groups -OCH3 is 1. The number of nitrogens with one attached hydrogen (secondary N) is 13. The largest absolute Gasteiger partial charge is 0.497 e. The molecule has 9 rings (SSSR count). The fraction of sp³-hybridized carbons (Fsp3) is 0.527. The fourth-order valence-electron chi connectivity index (χ4n) is 16.7. The van der Waals surface area contributed by atoms with Crippen LogP contribution in [-0.2, 0) is 112 Å². The number of likely N-dealkylation sites (N-methyl/N-ethyl adjacent to an activating group) is 3. The van der Waals surface area contributed by atoms with Gasteiger partial charge < -0.3 is 125 Å². The van der Waals surface area contributed by atoms with Crippen LogP contribution in [0.1, 0.15) is 140 Å². The molecule has 15 atom stereocenters. The Balaban J connectivity index is 1.10. The summed E-state index contributed by atoms with van der Waals surface area (Å²) in [6.07, 6.45) is 2.58. The van der Waals surface area contributed by atoms with Gasteiger partial charge in [-0.1, -0.05) is 102 Å². The van der Waals surface area contributed by atoms with Crippen molar-refractivity contribution in [3.05, 3.63) is 120 Å². The molecule has 3 fully saturated rings. The zero-order valence-corrected chi connectivity index (χ0v) is 78.0. The van der Waals surface area contributed by atoms with E-state index in [1.54, 1.807) is 99.0 Å². The van der Waals surface area contributed by atoms with Gasteiger partial charge in [0.15, 0.2) is 0 Å². The Hall–Kier alpha value is -13.5. The maximum Gasteiger partial charge on any atom is 0.246 e. The maximum absolute atomic E-state index is 15.7. The number of primary amides is 3. The molecule has 6 heterocycles. The van der Waals surface area contributed by atoms with Crippen molar-refractivity contribution in [2.75, 3.05) is 66.0 Å². The van der Waals surface area contributed by atoms with Gasteiger partial charge in [-0.3, -0.25) is 86.3 Å². The van der Waals surface area contributed by atoms with Crippen LogP contribution in [0.3, 0.4) is 0 Å². The fourth-order valence-corrected chi connectivity index (χ4v) is 17.5. The number of rotatable bonds is 26. The topological polar surface area (TPSA) is 632 Å². The quantitative estimate of drug-likeness (QED) is 0.0264. The number of aromatic amines is 3. The molecule has 0 bridgehead atoms. The molecule has 0 aliphatic carbocycles. The van der Waals surface area contributed by atoms with E-state index in [1.165, 1.54) is 52.6 Å². The molecule has 0 radical (unpaired) electrons. The second kappa shape index (κ2) is 50.0. The second-order valence-electron chi connectivity index (χ2n) is 34.7. The highest BCUT2D eigenvalue weighted by Gasteiger charge is 2.47. The Morgan fingerprint density at radius 1 is 0.548 bits per heavy atom. The lowest BCUT2D eigenvalue weighted by molar-refractivity contribution is -0.149. The lowest BCUT2D eigenvalue weighted by Gasteiger charge is -2.36. The lowest BCUT2D eigenvalue weighted by Crippen LogP contribution is -2.62. The Kier molecular flexibility index (Phi) is 38.9. The molecule has 732 valence electrons. The van der Waals surface area contributed by atoms with Crippen LogP contribution in [0.5, 0.6) is 5.75 Å². The molecule has 18 amide bonds. The van der Waals surface area contributed by atoms with Crippen molar-refractivity contribution in [2.24, 2.45) is 23.1 Å². The number of para-hydroxylation sites is 2. The van der Waals surface area contributed by atoms with Crippen molar-refractivity contribution >= 4 is 140 Å². The average Bonchev–Trinajstić information content (AvgIpc) is 1.82. The van der Waals surface area contributed by atoms with Gasteiger partial charge in [0.1, 0.15) is 90.3 Å². The summed E-state index contributed by atoms with van der Waals surface area (Å²) >= 11 is 0.804. The minimum Gasteiger partial charge on any atom is -0.497 e. The number of fused-ring (bicyclic) bond motifs is 4. The molecule has 3 saturated heterocycles. The van der Waals surface area contributed by atoms with E-state index >= 15 is 38.4 Å². The first-order chi connectivity index (χ1) is 64.3. The summed E-state index contributed by atoms with van der Waals surface area (Å²) in [5.74, 6) is -18.0. The molecule has 6 aromatic rings. The van der Waals surface area contributed by atoms with Gasteiger partial charge in [-0.15, -0.1) is 11.8 Å². The summed E-state index contributed by atoms with van der Waals surface area (Å²) in [5.41, 5.74) is 19.7. The molecular weight excluding hydrogens is 1770 g/mol. The summed E-state index contributed by atoms with van der Waals surface area (Å²) in [6.45, 7) is 5.98. The first-order valence-corrected chi connectivity index (χ1v) is 46.3. The number of imidazole rings is 1. The van der Waals surface area contributed by atoms with Gasteiger partial charge in [-0.25, -0.2) is 4.98 Å². The van der Waals surface area contributed by atoms with Gasteiger partial charge in [-0.05, 0) is 92.3 Å². The number of hydrogen-bond acceptors (Lipinski definition) is 23. The Labute approximate surface area is 784 Å². The van der Waals surface area contributed by atoms with Crippen LogP contribution < -0.4 is 75.1 Å². The molecule has 21 N–H and O–H groups in total. The van der Waals surface area contributed by atoms with E-state index in [9.17, 15) is 58.2 Å². The number of thioether (sulfide) groups is 1. The van der Waals surface area contributed by atoms with Crippen LogP contribution in [-0.4, -0.2) is 318 Å². The Morgan fingerprint density at radius 3 is 1.67 bits per heavy atom. The van der Waals surface area contributed by atoms with E-state index in [4.69, 9.17) is 21.9 Å². The van der Waals surface area contributed by atoms with Crippen LogP contribution in [0, 0.1) is 5.92 Å². The first kappa shape index (κ1) is 105. The van der Waals surface area contributed by atoms with Gasteiger partial charge in [0.05, 0.1) is 50.6 Å². The number of benzene rings is 3. The SMILES string of the molecule is CCCC[C@H]1C(=O)N(C)[C@@H](CCCC)C(=O)N[C@@H](CC(C)C)C(=O)N[C@H](C(=O)NCC(N)=O)CSCC(=O)N[C@@H](Cc2ccc(OC)cc2)C(=O)N(C)[C@@H](C)C(=O)N[C@H](CC(N)=O)C(=O)N2CCC[C@H]2C(=O)N[C@@H](Cc2c[nH]cn2)C(=O)N[C@@H](CCC(N)=O)C(=O)N2C[C@H](O)C[C@H]2C(=O)N[C@@H](Cc2c[nH]c3ccccc23)C(=O)N[C@@H](CO)C(=O)N[C@@H](Cc2c[nH]c3ccccc23)C(=O)N1C. The zero-order valence-electron chi connectivity index (χ0n) is 77.2. The minimum atomic E-state index is -1.91. The van der Waals surface area contributed by atoms with Gasteiger partial charge in [-0.2, -0.15) is 0 Å². The van der Waals surface area contributed by atoms with Gasteiger partial charge in [0, 0.05) is 119 Å². The lowest BCUT2D eigenvalue weighted by atomic mass is 9.99. The van der Waals surface area contributed by atoms with Gasteiger partial charge in [0.2, 0.25) is 106 Å². The third-order valence-corrected chi connectivity index (χ3v) is 25.3. The summed E-state index contributed by atoms with van der Waals surface area (Å²) in [7, 11) is 5.39. The van der Waals surface area contributed by atoms with Crippen molar-refractivity contribution in [1.29, 1.82) is 0 Å². The summed E-state index contributed by atoms with van der Waals surface area (Å²) in [6, 6.07) is -1.77. The number of nitrogens with two attached hydrogens (primary N) is 3. The zero-order chi connectivity index (χ0) is 98.6. The van der Waals surface area contributed by atoms with Crippen LogP contribution >= 0.6 is 11.8 Å². The van der Waals surface area contributed by atoms with Gasteiger partial charge >= 0.3 is 0 Å². The standard InChI is InChI=1S/C91H126N22O21S/c1-10-12-23-70-84(126)102-62(33-49(3)4)80(122)108-69(79(121)98-43-76(94)118)46-135-47-77(119)100-65(34-51-26-28-56(134-9)29-27-51)87(129)109(6)50(5)78(120)105-67(39-75(93)117)90(132)112-32-18-25-71(112)85(127)104-64(37-54-42-95-48-99-54)82(124)101-61(30-31-74(92)116)89(131)113-44-55(115)38-73(113)86(128)103-63(35-52-40-96-59-21-16-14-19-57(52)59)81(123)107-68(45-114)83(125)106-66(36-53-41-97-60-22-17-15-20-58(53)60)88(130)111(8)72(24-13-11-2)91(133)110(70)7/h14-17,19-22,26-29,40-42,48-50,55,61-73,96-97,114-115H,10-13,18,23-25,30-39,43-47H2,1-9H3,(H2,92,116)(H2,93,117)(H2,94,118)(H,95,99)(H,98,121)(H,100,119)(H,101,124)(H,102,126)(H,103,128)(H,104,127)(H,105,120)(H,106,125)(H,107,123)(H,108,122)/t50-,55+,61-,62-,63-,64-,65-,66-,67+,68-,69-,70-,71-,72-,73-/m0/s1. The van der Waals surface area contributed by atoms with E-state index in [2.05, 4.69) is 73.1 Å². The number of nitrogens with zero attached hydrogens (tertiary/aromatic N) is 6. The van der Waals surface area contributed by atoms with Crippen LogP contribution in [0.2, 0.25) is 0 Å². The van der Waals surface area contributed by atoms with E-state index < -0.39 is 260 Å². The normalized spacial score (nSPS) is 24.8. The van der Waals surface area contributed by atoms with E-state index in [1.807, 2.05) is 13.8 Å². The summed E-state index contributed by atoms with van der Waals surface area (Å²) in [4.78, 5) is 281. The third-order valence-electron chi connectivity index (χ3n) is 24.2. The number of aliphatic hydroxyl groups excluding tert-OH is 2. The predicted molar refractivity (Wildman–Crippen MR) is 494 cm³/mol. The van der Waals surface area contributed by atoms with Crippen LogP contribution in [0.25, 0.3) is 21.8 Å². The van der Waals surface area contributed by atoms with E-state index in [0.29, 0.717) is 69.9 Å². The predicted octanol–water partition coefficient (Wildman–Crippen LogP) is -2.62. The number of unbranched alkanes of at least 4 members (excludes halogenated alkanes) is 2. The maximum atomic E-state index is 15.7. The first-order valence-electron chi connectivity index (χ1n) is 45.2. The van der Waals surface area contributed by atoms with Crippen molar-refractivity contribution in [1.82, 2.24) is 97.6 Å². The van der Waals surface area contributed by atoms with Crippen molar-refractivity contribution in [2.45, 2.75) is 234 Å². The molecule has 3 aromatic heterocycles. The average molecular weight is 1900 g/mol. The van der Waals surface area contributed by atoms with Crippen molar-refractivity contribution in [3.8, 4) is 5.75 Å². The monoisotopic (exact) mass is 1890 g/mol. The number of aliphatic hydroxyl groups is 2. The molecule has 0 saturated carbocycles. The van der Waals surface area contributed by atoms with E-state index in [-0.39, 0.29) is 69.5 Å². The molecule has 3 aliphatic heterocycles. The number of hydrogen-bond donors (Lipinski definition) is 18. The highest BCUT2D eigenvalue weighted by atomic mass is 32.2. The van der Waals surface area contributed by atoms with Crippen LogP contribution in [0.15, 0.2) is 97.7 Å². The van der Waals surface area contributed by atoms with E-state index in [0.717, 1.165) is 31.4 Å². The van der Waals surface area contributed by atoms with Crippen molar-refractivity contribution in [3.63, 3.8) is 0 Å². The highest BCUT2D eigenvalue weighted by molar-refractivity contribution is 8.00. The molecule has 0 unspecified atom stereocenters. The highest BCUT2D eigenvalue weighted by Crippen LogP contribution is 2.28. The smallest absolute Gasteiger partial charge is 0.246 e. The molecule has 135 heavy (non-hydrogen) atoms. The number of ether oxygens (including phenoxy) is 1. The minimum absolute atomic E-state index is 0.00606. The summed E-state index contributed by atoms with van der Waals surface area (Å²) in [5, 5.41) is 50.2. The molecule has 43 nitrogen and oxygen atoms in total. The molecule has 0 spiro atoms.